The van der Waals surface area contributed by atoms with Crippen molar-refractivity contribution in [3.8, 4) is 0 Å². The minimum Gasteiger partial charge on any atom is -0.480 e. The smallest absolute Gasteiger partial charge is 0.335 e. The molecule has 0 unspecified atom stereocenters. The molecule has 140 valence electrons. The lowest BCUT2D eigenvalue weighted by atomic mass is 10.1. The lowest BCUT2D eigenvalue weighted by Crippen LogP contribution is -2.42. The average molecular weight is 388 g/mol. The highest BCUT2D eigenvalue weighted by atomic mass is 32.2. The summed E-state index contributed by atoms with van der Waals surface area (Å²) in [6.07, 6.45) is 1.60. The number of sulfonamides is 1. The molecule has 4 N–H and O–H groups in total. The van der Waals surface area contributed by atoms with E-state index in [0.29, 0.717) is 5.56 Å². The molecule has 0 radical (unpaired) electrons. The van der Waals surface area contributed by atoms with Crippen LogP contribution in [-0.2, 0) is 21.2 Å². The standard InChI is InChI=1S/C18H16N2O6S/c21-17(22)11-5-7-13(8-6-11)27(25,26)20-16(18(23)24)9-12-10-19-15-4-2-1-3-14(12)15/h1-8,10,16,19-20H,9H2,(H,21,22)(H,23,24)/t16-/m1/s1. The van der Waals surface area contributed by atoms with Gasteiger partial charge in [-0.3, -0.25) is 4.79 Å². The number of aliphatic carboxylic acids is 1. The van der Waals surface area contributed by atoms with Crippen molar-refractivity contribution >= 4 is 32.9 Å². The molecule has 3 aromatic rings. The van der Waals surface area contributed by atoms with Crippen LogP contribution in [0.2, 0.25) is 0 Å². The van der Waals surface area contributed by atoms with Gasteiger partial charge in [0, 0.05) is 23.5 Å². The number of aromatic nitrogens is 1. The zero-order valence-electron chi connectivity index (χ0n) is 13.9. The zero-order valence-corrected chi connectivity index (χ0v) is 14.7. The molecule has 0 saturated carbocycles. The van der Waals surface area contributed by atoms with Crippen molar-refractivity contribution < 1.29 is 28.2 Å². The van der Waals surface area contributed by atoms with Crippen molar-refractivity contribution in [2.45, 2.75) is 17.4 Å². The van der Waals surface area contributed by atoms with Gasteiger partial charge in [-0.15, -0.1) is 0 Å². The predicted molar refractivity (Wildman–Crippen MR) is 97.1 cm³/mol. The van der Waals surface area contributed by atoms with Crippen molar-refractivity contribution in [1.29, 1.82) is 0 Å². The van der Waals surface area contributed by atoms with E-state index in [1.165, 1.54) is 0 Å². The summed E-state index contributed by atoms with van der Waals surface area (Å²) in [6, 6.07) is 10.5. The largest absolute Gasteiger partial charge is 0.480 e. The van der Waals surface area contributed by atoms with Crippen LogP contribution < -0.4 is 4.72 Å². The molecule has 0 bridgehead atoms. The Kier molecular flexibility index (Phi) is 4.98. The summed E-state index contributed by atoms with van der Waals surface area (Å²) in [5.41, 5.74) is 1.42. The van der Waals surface area contributed by atoms with Crippen molar-refractivity contribution in [1.82, 2.24) is 9.71 Å². The van der Waals surface area contributed by atoms with Crippen LogP contribution in [0.15, 0.2) is 59.6 Å². The molecule has 1 heterocycles. The van der Waals surface area contributed by atoms with E-state index in [1.807, 2.05) is 24.3 Å². The highest BCUT2D eigenvalue weighted by Crippen LogP contribution is 2.20. The number of benzene rings is 2. The van der Waals surface area contributed by atoms with Crippen LogP contribution in [0.5, 0.6) is 0 Å². The Morgan fingerprint density at radius 2 is 1.70 bits per heavy atom. The summed E-state index contributed by atoms with van der Waals surface area (Å²) in [6.45, 7) is 0. The number of aromatic amines is 1. The number of rotatable bonds is 7. The van der Waals surface area contributed by atoms with Crippen LogP contribution in [0.25, 0.3) is 10.9 Å². The first-order valence-corrected chi connectivity index (χ1v) is 9.40. The Labute approximate surface area is 154 Å². The third kappa shape index (κ3) is 3.99. The molecule has 8 nitrogen and oxygen atoms in total. The highest BCUT2D eigenvalue weighted by Gasteiger charge is 2.26. The van der Waals surface area contributed by atoms with Crippen LogP contribution in [0.4, 0.5) is 0 Å². The van der Waals surface area contributed by atoms with E-state index < -0.39 is 28.0 Å². The summed E-state index contributed by atoms with van der Waals surface area (Å²) in [5, 5.41) is 19.2. The second-order valence-electron chi connectivity index (χ2n) is 5.91. The quantitative estimate of drug-likeness (QED) is 0.487. The SMILES string of the molecule is O=C(O)c1ccc(S(=O)(=O)N[C@H](Cc2c[nH]c3ccccc23)C(=O)O)cc1. The van der Waals surface area contributed by atoms with Crippen molar-refractivity contribution in [2.24, 2.45) is 0 Å². The molecule has 0 saturated heterocycles. The second kappa shape index (κ2) is 7.22. The average Bonchev–Trinajstić information content (AvgIpc) is 3.04. The first kappa shape index (κ1) is 18.6. The number of carboxylic acid groups (broad SMARTS) is 2. The molecule has 0 aliphatic rings. The predicted octanol–water partition coefficient (Wildman–Crippen LogP) is 1.84. The molecule has 1 atom stereocenters. The highest BCUT2D eigenvalue weighted by molar-refractivity contribution is 7.89. The van der Waals surface area contributed by atoms with Crippen molar-refractivity contribution in [3.05, 3.63) is 65.9 Å². The lowest BCUT2D eigenvalue weighted by molar-refractivity contribution is -0.138. The second-order valence-corrected chi connectivity index (χ2v) is 7.62. The minimum absolute atomic E-state index is 0.0498. The number of aromatic carboxylic acids is 1. The topological polar surface area (TPSA) is 137 Å². The normalized spacial score (nSPS) is 12.7. The fraction of sp³-hybridized carbons (Fsp3) is 0.111. The van der Waals surface area contributed by atoms with Gasteiger partial charge in [0.15, 0.2) is 0 Å². The number of nitrogens with one attached hydrogen (secondary N) is 2. The van der Waals surface area contributed by atoms with E-state index in [2.05, 4.69) is 9.71 Å². The van der Waals surface area contributed by atoms with Gasteiger partial charge >= 0.3 is 11.9 Å². The summed E-state index contributed by atoms with van der Waals surface area (Å²) < 4.78 is 27.2. The van der Waals surface area contributed by atoms with Gasteiger partial charge in [-0.25, -0.2) is 13.2 Å². The maximum Gasteiger partial charge on any atom is 0.335 e. The van der Waals surface area contributed by atoms with Gasteiger partial charge < -0.3 is 15.2 Å². The van der Waals surface area contributed by atoms with Crippen LogP contribution in [0.1, 0.15) is 15.9 Å². The van der Waals surface area contributed by atoms with Gasteiger partial charge in [0.25, 0.3) is 0 Å². The summed E-state index contributed by atoms with van der Waals surface area (Å²) >= 11 is 0. The number of para-hydroxylation sites is 1. The van der Waals surface area contributed by atoms with Crippen molar-refractivity contribution in [2.75, 3.05) is 0 Å². The number of H-pyrrole nitrogens is 1. The first-order chi connectivity index (χ1) is 12.8. The van der Waals surface area contributed by atoms with E-state index in [-0.39, 0.29) is 16.9 Å². The molecular weight excluding hydrogens is 372 g/mol. The monoisotopic (exact) mass is 388 g/mol. The molecule has 2 aromatic carbocycles. The molecule has 3 rings (SSSR count). The Hall–Kier alpha value is -3.17. The third-order valence-corrected chi connectivity index (χ3v) is 5.59. The van der Waals surface area contributed by atoms with Gasteiger partial charge in [0.1, 0.15) is 6.04 Å². The molecule has 27 heavy (non-hydrogen) atoms. The van der Waals surface area contributed by atoms with E-state index in [0.717, 1.165) is 35.2 Å². The van der Waals surface area contributed by atoms with Crippen molar-refractivity contribution in [3.63, 3.8) is 0 Å². The number of fused-ring (bicyclic) bond motifs is 1. The van der Waals surface area contributed by atoms with Crippen LogP contribution in [0.3, 0.4) is 0 Å². The Morgan fingerprint density at radius 1 is 1.04 bits per heavy atom. The molecule has 0 aliphatic carbocycles. The Morgan fingerprint density at radius 3 is 2.33 bits per heavy atom. The molecule has 1 aromatic heterocycles. The van der Waals surface area contributed by atoms with Gasteiger partial charge in [-0.2, -0.15) is 4.72 Å². The molecule has 9 heteroatoms. The van der Waals surface area contributed by atoms with Gasteiger partial charge in [-0.05, 0) is 35.9 Å². The van der Waals surface area contributed by atoms with Crippen LogP contribution >= 0.6 is 0 Å². The maximum atomic E-state index is 12.5. The van der Waals surface area contributed by atoms with Gasteiger partial charge in [0.2, 0.25) is 10.0 Å². The molecule has 0 spiro atoms. The summed E-state index contributed by atoms with van der Waals surface area (Å²) in [5.74, 6) is -2.50. The fourth-order valence-corrected chi connectivity index (χ4v) is 3.92. The van der Waals surface area contributed by atoms with E-state index in [9.17, 15) is 23.1 Å². The number of carbonyl (C=O) groups is 2. The summed E-state index contributed by atoms with van der Waals surface area (Å²) in [4.78, 5) is 25.3. The van der Waals surface area contributed by atoms with E-state index >= 15 is 0 Å². The fourth-order valence-electron chi connectivity index (χ4n) is 2.73. The molecule has 0 amide bonds. The molecule has 0 aliphatic heterocycles. The van der Waals surface area contributed by atoms with Crippen LogP contribution in [0, 0.1) is 0 Å². The maximum absolute atomic E-state index is 12.5. The summed E-state index contributed by atoms with van der Waals surface area (Å²) in [7, 11) is -4.14. The Bertz CT molecular complexity index is 1100. The van der Waals surface area contributed by atoms with E-state index in [1.54, 1.807) is 6.20 Å². The number of hydrogen-bond acceptors (Lipinski definition) is 4. The minimum atomic E-state index is -4.14. The van der Waals surface area contributed by atoms with Gasteiger partial charge in [0.05, 0.1) is 10.5 Å². The Balaban J connectivity index is 1.85. The number of hydrogen-bond donors (Lipinski definition) is 4. The molecule has 0 fully saturated rings. The first-order valence-electron chi connectivity index (χ1n) is 7.91. The third-order valence-electron chi connectivity index (χ3n) is 4.11. The van der Waals surface area contributed by atoms with Gasteiger partial charge in [-0.1, -0.05) is 18.2 Å². The van der Waals surface area contributed by atoms with Crippen LogP contribution in [-0.4, -0.2) is 41.6 Å². The molecular formula is C18H16N2O6S. The van der Waals surface area contributed by atoms with E-state index in [4.69, 9.17) is 5.11 Å². The lowest BCUT2D eigenvalue weighted by Gasteiger charge is -2.15. The number of carboxylic acids is 2. The zero-order chi connectivity index (χ0) is 19.6.